The van der Waals surface area contributed by atoms with Gasteiger partial charge in [0.25, 0.3) is 17.7 Å². The number of likely N-dealkylation sites (tertiary alicyclic amines) is 1. The van der Waals surface area contributed by atoms with Crippen LogP contribution in [0.15, 0.2) is 36.5 Å². The van der Waals surface area contributed by atoms with E-state index in [9.17, 15) is 19.2 Å². The molecule has 1 unspecified atom stereocenters. The number of amides is 4. The van der Waals surface area contributed by atoms with Gasteiger partial charge in [0, 0.05) is 37.8 Å². The molecule has 5 rings (SSSR count). The van der Waals surface area contributed by atoms with Crippen molar-refractivity contribution in [2.24, 2.45) is 0 Å². The van der Waals surface area contributed by atoms with E-state index in [-0.39, 0.29) is 36.4 Å². The molecule has 2 aromatic heterocycles. The van der Waals surface area contributed by atoms with Crippen molar-refractivity contribution in [1.29, 1.82) is 0 Å². The number of rotatable bonds is 7. The molecule has 4 heterocycles. The number of anilines is 1. The van der Waals surface area contributed by atoms with Crippen LogP contribution in [0.2, 0.25) is 0 Å². The molecule has 3 N–H and O–H groups in total. The van der Waals surface area contributed by atoms with Gasteiger partial charge in [0.2, 0.25) is 5.91 Å². The average molecular weight is 549 g/mol. The van der Waals surface area contributed by atoms with Gasteiger partial charge in [-0.05, 0) is 51.6 Å². The third-order valence-corrected chi connectivity index (χ3v) is 7.18. The summed E-state index contributed by atoms with van der Waals surface area (Å²) >= 11 is 0. The zero-order valence-electron chi connectivity index (χ0n) is 22.6. The van der Waals surface area contributed by atoms with Crippen LogP contribution >= 0.6 is 0 Å². The maximum absolute atomic E-state index is 13.3. The first kappa shape index (κ1) is 27.1. The zero-order chi connectivity index (χ0) is 28.4. The van der Waals surface area contributed by atoms with Crippen LogP contribution in [0.5, 0.6) is 5.75 Å². The van der Waals surface area contributed by atoms with Gasteiger partial charge >= 0.3 is 0 Å². The number of nitrogens with one attached hydrogen (secondary N) is 3. The van der Waals surface area contributed by atoms with E-state index in [1.165, 1.54) is 16.8 Å². The molecule has 210 valence electrons. The quantitative estimate of drug-likeness (QED) is 0.390. The molecule has 1 saturated heterocycles. The standard InChI is InChI=1S/C27H32N8O5/c1-16(27(39)34-10-7-18(8-11-34)33(2)3)30-26(38)21-13-20(31-23-6-9-29-35(21)23)25(37)28-14-17-4-5-22-19(12-17)32-24(36)15-40-22/h4-6,9,12-13,16,18H,7-8,10-11,14-15H2,1-3H3,(H,28,37)(H,30,38)(H,32,36). The number of benzene rings is 1. The second-order valence-corrected chi connectivity index (χ2v) is 10.2. The lowest BCUT2D eigenvalue weighted by Gasteiger charge is -2.36. The Labute approximate surface area is 230 Å². The Hall–Kier alpha value is -4.52. The molecule has 13 heteroatoms. The Bertz CT molecular complexity index is 1460. The molecular formula is C27H32N8O5. The fourth-order valence-corrected chi connectivity index (χ4v) is 4.91. The Morgan fingerprint density at radius 1 is 1.15 bits per heavy atom. The van der Waals surface area contributed by atoms with E-state index >= 15 is 0 Å². The fraction of sp³-hybridized carbons (Fsp3) is 0.407. The smallest absolute Gasteiger partial charge is 0.270 e. The Morgan fingerprint density at radius 3 is 2.67 bits per heavy atom. The molecule has 0 spiro atoms. The van der Waals surface area contributed by atoms with Crippen LogP contribution in [0.3, 0.4) is 0 Å². The molecule has 3 aromatic rings. The van der Waals surface area contributed by atoms with E-state index in [2.05, 4.69) is 30.9 Å². The van der Waals surface area contributed by atoms with E-state index in [0.29, 0.717) is 36.2 Å². The van der Waals surface area contributed by atoms with Crippen molar-refractivity contribution in [3.05, 3.63) is 53.5 Å². The highest BCUT2D eigenvalue weighted by Gasteiger charge is 2.28. The minimum atomic E-state index is -0.757. The van der Waals surface area contributed by atoms with E-state index in [1.54, 1.807) is 36.1 Å². The highest BCUT2D eigenvalue weighted by atomic mass is 16.5. The maximum atomic E-state index is 13.3. The number of hydrogen-bond acceptors (Lipinski definition) is 8. The first-order valence-corrected chi connectivity index (χ1v) is 13.1. The summed E-state index contributed by atoms with van der Waals surface area (Å²) in [6, 6.07) is 7.85. The minimum absolute atomic E-state index is 0.0254. The number of nitrogens with zero attached hydrogens (tertiary/aromatic N) is 5. The molecule has 0 bridgehead atoms. The van der Waals surface area contributed by atoms with Crippen molar-refractivity contribution in [2.45, 2.75) is 38.4 Å². The molecule has 0 saturated carbocycles. The monoisotopic (exact) mass is 548 g/mol. The summed E-state index contributed by atoms with van der Waals surface area (Å²) in [5.74, 6) is -0.879. The lowest BCUT2D eigenvalue weighted by Crippen LogP contribution is -2.51. The van der Waals surface area contributed by atoms with Crippen molar-refractivity contribution in [1.82, 2.24) is 35.0 Å². The molecular weight excluding hydrogens is 516 g/mol. The number of hydrogen-bond donors (Lipinski definition) is 3. The maximum Gasteiger partial charge on any atom is 0.270 e. The zero-order valence-corrected chi connectivity index (χ0v) is 22.6. The highest BCUT2D eigenvalue weighted by molar-refractivity contribution is 6.00. The van der Waals surface area contributed by atoms with Gasteiger partial charge < -0.3 is 30.5 Å². The van der Waals surface area contributed by atoms with Crippen molar-refractivity contribution < 1.29 is 23.9 Å². The summed E-state index contributed by atoms with van der Waals surface area (Å²) in [5.41, 5.74) is 1.70. The van der Waals surface area contributed by atoms with Gasteiger partial charge in [0.05, 0.1) is 11.9 Å². The van der Waals surface area contributed by atoms with Crippen molar-refractivity contribution >= 4 is 35.0 Å². The lowest BCUT2D eigenvalue weighted by atomic mass is 10.0. The Kier molecular flexibility index (Phi) is 7.65. The van der Waals surface area contributed by atoms with Gasteiger partial charge in [0.15, 0.2) is 12.3 Å². The summed E-state index contributed by atoms with van der Waals surface area (Å²) in [4.78, 5) is 59.2. The number of fused-ring (bicyclic) bond motifs is 2. The molecule has 1 fully saturated rings. The summed E-state index contributed by atoms with van der Waals surface area (Å²) in [5, 5.41) is 12.4. The van der Waals surface area contributed by atoms with Crippen LogP contribution < -0.4 is 20.7 Å². The largest absolute Gasteiger partial charge is 0.482 e. The summed E-state index contributed by atoms with van der Waals surface area (Å²) < 4.78 is 6.69. The second-order valence-electron chi connectivity index (χ2n) is 10.2. The number of piperidine rings is 1. The molecule has 4 amide bonds. The van der Waals surface area contributed by atoms with Crippen LogP contribution in [0.1, 0.15) is 46.3 Å². The summed E-state index contributed by atoms with van der Waals surface area (Å²) in [6.45, 7) is 3.04. The van der Waals surface area contributed by atoms with Gasteiger partial charge in [-0.25, -0.2) is 9.50 Å². The first-order valence-electron chi connectivity index (χ1n) is 13.1. The van der Waals surface area contributed by atoms with E-state index in [4.69, 9.17) is 4.74 Å². The fourth-order valence-electron chi connectivity index (χ4n) is 4.91. The average Bonchev–Trinajstić information content (AvgIpc) is 3.43. The predicted molar refractivity (Wildman–Crippen MR) is 145 cm³/mol. The summed E-state index contributed by atoms with van der Waals surface area (Å²) in [6.07, 6.45) is 3.24. The number of carbonyl (C=O) groups excluding carboxylic acids is 4. The van der Waals surface area contributed by atoms with Gasteiger partial charge in [-0.2, -0.15) is 5.10 Å². The van der Waals surface area contributed by atoms with Crippen LogP contribution in [0.25, 0.3) is 5.65 Å². The van der Waals surface area contributed by atoms with Crippen LogP contribution in [0, 0.1) is 0 Å². The third kappa shape index (κ3) is 5.73. The predicted octanol–water partition coefficient (Wildman–Crippen LogP) is 0.661. The van der Waals surface area contributed by atoms with E-state index < -0.39 is 17.9 Å². The second kappa shape index (κ2) is 11.3. The van der Waals surface area contributed by atoms with Crippen LogP contribution in [-0.2, 0) is 16.1 Å². The summed E-state index contributed by atoms with van der Waals surface area (Å²) in [7, 11) is 4.07. The van der Waals surface area contributed by atoms with Crippen molar-refractivity contribution in [2.75, 3.05) is 39.1 Å². The molecule has 0 radical (unpaired) electrons. The highest BCUT2D eigenvalue weighted by Crippen LogP contribution is 2.28. The van der Waals surface area contributed by atoms with Gasteiger partial charge in [-0.1, -0.05) is 6.07 Å². The van der Waals surface area contributed by atoms with Crippen LogP contribution in [0.4, 0.5) is 5.69 Å². The number of aromatic nitrogens is 3. The molecule has 40 heavy (non-hydrogen) atoms. The topological polar surface area (TPSA) is 150 Å². The molecule has 1 atom stereocenters. The molecule has 2 aliphatic rings. The van der Waals surface area contributed by atoms with Crippen molar-refractivity contribution in [3.8, 4) is 5.75 Å². The van der Waals surface area contributed by atoms with E-state index in [0.717, 1.165) is 18.4 Å². The van der Waals surface area contributed by atoms with Gasteiger partial charge in [-0.15, -0.1) is 0 Å². The minimum Gasteiger partial charge on any atom is -0.482 e. The SMILES string of the molecule is CC(NC(=O)c1cc(C(=O)NCc2ccc3c(c2)NC(=O)CO3)nc2ccnn12)C(=O)N1CCC(N(C)C)CC1. The van der Waals surface area contributed by atoms with Gasteiger partial charge in [-0.3, -0.25) is 19.2 Å². The molecule has 2 aliphatic heterocycles. The molecule has 13 nitrogen and oxygen atoms in total. The Morgan fingerprint density at radius 2 is 1.93 bits per heavy atom. The third-order valence-electron chi connectivity index (χ3n) is 7.18. The van der Waals surface area contributed by atoms with Gasteiger partial charge in [0.1, 0.15) is 23.2 Å². The molecule has 1 aromatic carbocycles. The van der Waals surface area contributed by atoms with E-state index in [1.807, 2.05) is 14.1 Å². The number of carbonyl (C=O) groups is 4. The Balaban J connectivity index is 1.25. The van der Waals surface area contributed by atoms with Crippen molar-refractivity contribution in [3.63, 3.8) is 0 Å². The normalized spacial score (nSPS) is 16.2. The first-order chi connectivity index (χ1) is 19.2. The van der Waals surface area contributed by atoms with Crippen LogP contribution in [-0.4, -0.2) is 93.9 Å². The molecule has 0 aliphatic carbocycles. The number of ether oxygens (including phenoxy) is 1. The lowest BCUT2D eigenvalue weighted by molar-refractivity contribution is -0.134.